The fourth-order valence-corrected chi connectivity index (χ4v) is 3.36. The van der Waals surface area contributed by atoms with Gasteiger partial charge in [-0.2, -0.15) is 0 Å². The summed E-state index contributed by atoms with van der Waals surface area (Å²) >= 11 is 0. The number of sulfonamides is 2. The van der Waals surface area contributed by atoms with E-state index in [1.807, 2.05) is 0 Å². The van der Waals surface area contributed by atoms with Crippen molar-refractivity contribution < 1.29 is 21.6 Å². The van der Waals surface area contributed by atoms with Gasteiger partial charge < -0.3 is 5.32 Å². The second-order valence-corrected chi connectivity index (χ2v) is 8.87. The van der Waals surface area contributed by atoms with E-state index in [2.05, 4.69) is 10.0 Å². The van der Waals surface area contributed by atoms with Gasteiger partial charge in [0.15, 0.2) is 0 Å². The molecule has 0 saturated heterocycles. The van der Waals surface area contributed by atoms with Crippen molar-refractivity contribution >= 4 is 37.3 Å². The lowest BCUT2D eigenvalue weighted by atomic mass is 10.2. The Kier molecular flexibility index (Phi) is 6.54. The van der Waals surface area contributed by atoms with Crippen LogP contribution in [0.2, 0.25) is 0 Å². The predicted octanol–water partition coefficient (Wildman–Crippen LogP) is 0.350. The molecule has 0 aliphatic heterocycles. The Morgan fingerprint density at radius 1 is 1.22 bits per heavy atom. The highest BCUT2D eigenvalue weighted by Gasteiger charge is 2.18. The van der Waals surface area contributed by atoms with Crippen LogP contribution in [0.4, 0.5) is 11.4 Å². The maximum atomic E-state index is 12.0. The third-order valence-corrected chi connectivity index (χ3v) is 5.47. The molecule has 1 rings (SSSR count). The minimum atomic E-state index is -3.60. The van der Waals surface area contributed by atoms with Crippen LogP contribution in [0.5, 0.6) is 0 Å². The molecule has 0 aliphatic carbocycles. The number of amides is 1. The number of rotatable bonds is 8. The van der Waals surface area contributed by atoms with E-state index >= 15 is 0 Å². The van der Waals surface area contributed by atoms with Gasteiger partial charge in [-0.1, -0.05) is 6.07 Å². The molecule has 0 aromatic heterocycles. The number of hydrogen-bond acceptors (Lipinski definition) is 5. The van der Waals surface area contributed by atoms with Crippen LogP contribution >= 0.6 is 0 Å². The van der Waals surface area contributed by atoms with Crippen molar-refractivity contribution in [3.05, 3.63) is 24.3 Å². The smallest absolute Gasteiger partial charge is 0.232 e. The summed E-state index contributed by atoms with van der Waals surface area (Å²) in [6.45, 7) is 2.74. The van der Waals surface area contributed by atoms with Crippen LogP contribution in [-0.4, -0.2) is 47.8 Å². The first-order valence-electron chi connectivity index (χ1n) is 6.88. The van der Waals surface area contributed by atoms with Crippen LogP contribution in [0.15, 0.2) is 24.3 Å². The first-order valence-corrected chi connectivity index (χ1v) is 10.4. The Morgan fingerprint density at radius 3 is 2.39 bits per heavy atom. The van der Waals surface area contributed by atoms with E-state index in [0.29, 0.717) is 11.4 Å². The summed E-state index contributed by atoms with van der Waals surface area (Å²) in [6.07, 6.45) is 1.03. The molecule has 23 heavy (non-hydrogen) atoms. The third-order valence-electron chi connectivity index (χ3n) is 2.87. The van der Waals surface area contributed by atoms with Crippen LogP contribution in [0.3, 0.4) is 0 Å². The maximum absolute atomic E-state index is 12.0. The zero-order valence-electron chi connectivity index (χ0n) is 13.2. The number of carbonyl (C=O) groups is 1. The number of hydrogen-bond donors (Lipinski definition) is 2. The molecule has 2 N–H and O–H groups in total. The van der Waals surface area contributed by atoms with Gasteiger partial charge in [-0.25, -0.2) is 21.6 Å². The van der Waals surface area contributed by atoms with Crippen LogP contribution in [0.25, 0.3) is 0 Å². The average molecular weight is 363 g/mol. The average Bonchev–Trinajstić information content (AvgIpc) is 2.42. The van der Waals surface area contributed by atoms with Gasteiger partial charge in [-0.15, -0.1) is 0 Å². The van der Waals surface area contributed by atoms with Crippen LogP contribution in [0.1, 0.15) is 13.8 Å². The van der Waals surface area contributed by atoms with E-state index in [-0.39, 0.29) is 24.7 Å². The molecule has 0 radical (unpaired) electrons. The second kappa shape index (κ2) is 7.75. The summed E-state index contributed by atoms with van der Waals surface area (Å²) < 4.78 is 50.1. The summed E-state index contributed by atoms with van der Waals surface area (Å²) in [5.41, 5.74) is 0.798. The zero-order valence-corrected chi connectivity index (χ0v) is 14.9. The van der Waals surface area contributed by atoms with Gasteiger partial charge in [0, 0.05) is 25.7 Å². The third kappa shape index (κ3) is 6.55. The Bertz CT molecular complexity index is 760. The van der Waals surface area contributed by atoms with E-state index in [1.165, 1.54) is 19.9 Å². The molecule has 0 saturated carbocycles. The molecule has 0 spiro atoms. The van der Waals surface area contributed by atoms with Crippen molar-refractivity contribution in [2.75, 3.05) is 34.7 Å². The second-order valence-electron chi connectivity index (χ2n) is 4.86. The molecule has 130 valence electrons. The molecule has 0 fully saturated rings. The summed E-state index contributed by atoms with van der Waals surface area (Å²) in [5, 5.41) is 2.57. The van der Waals surface area contributed by atoms with Crippen molar-refractivity contribution in [2.24, 2.45) is 0 Å². The van der Waals surface area contributed by atoms with Gasteiger partial charge in [0.2, 0.25) is 26.0 Å². The van der Waals surface area contributed by atoms with Crippen molar-refractivity contribution in [1.82, 2.24) is 4.72 Å². The minimum Gasteiger partial charge on any atom is -0.326 e. The lowest BCUT2D eigenvalue weighted by Crippen LogP contribution is -2.38. The Hall–Kier alpha value is -1.65. The lowest BCUT2D eigenvalue weighted by molar-refractivity contribution is -0.114. The van der Waals surface area contributed by atoms with Crippen LogP contribution < -0.4 is 14.3 Å². The molecule has 10 heteroatoms. The number of nitrogens with one attached hydrogen (secondary N) is 2. The van der Waals surface area contributed by atoms with E-state index in [9.17, 15) is 21.6 Å². The molecule has 1 amide bonds. The summed E-state index contributed by atoms with van der Waals surface area (Å²) in [5.74, 6) is -0.354. The Morgan fingerprint density at radius 2 is 1.87 bits per heavy atom. The standard InChI is InChI=1S/C13H21N3O5S2/c1-4-23(20,21)14-8-9-16(22(3,18)19)13-7-5-6-12(10-13)15-11(2)17/h5-7,10,14H,4,8-9H2,1-3H3,(H,15,17). The van der Waals surface area contributed by atoms with Crippen LogP contribution in [-0.2, 0) is 24.8 Å². The van der Waals surface area contributed by atoms with Gasteiger partial charge in [-0.3, -0.25) is 9.10 Å². The van der Waals surface area contributed by atoms with E-state index in [0.717, 1.165) is 10.6 Å². The quantitative estimate of drug-likeness (QED) is 0.692. The van der Waals surface area contributed by atoms with Crippen molar-refractivity contribution in [2.45, 2.75) is 13.8 Å². The van der Waals surface area contributed by atoms with E-state index in [1.54, 1.807) is 18.2 Å². The van der Waals surface area contributed by atoms with Crippen molar-refractivity contribution in [1.29, 1.82) is 0 Å². The van der Waals surface area contributed by atoms with Crippen molar-refractivity contribution in [3.8, 4) is 0 Å². The molecule has 0 bridgehead atoms. The first kappa shape index (κ1) is 19.4. The van der Waals surface area contributed by atoms with Gasteiger partial charge in [0.25, 0.3) is 0 Å². The molecule has 1 aromatic carbocycles. The molecule has 0 unspecified atom stereocenters. The molecule has 0 heterocycles. The fraction of sp³-hybridized carbons (Fsp3) is 0.462. The summed E-state index contributed by atoms with van der Waals surface area (Å²) in [4.78, 5) is 11.1. The first-order chi connectivity index (χ1) is 10.5. The van der Waals surface area contributed by atoms with E-state index in [4.69, 9.17) is 0 Å². The normalized spacial score (nSPS) is 12.0. The highest BCUT2D eigenvalue weighted by Crippen LogP contribution is 2.21. The Balaban J connectivity index is 2.97. The highest BCUT2D eigenvalue weighted by atomic mass is 32.2. The largest absolute Gasteiger partial charge is 0.326 e. The fourth-order valence-electron chi connectivity index (χ4n) is 1.83. The van der Waals surface area contributed by atoms with Crippen molar-refractivity contribution in [3.63, 3.8) is 0 Å². The highest BCUT2D eigenvalue weighted by molar-refractivity contribution is 7.92. The molecule has 0 aliphatic rings. The maximum Gasteiger partial charge on any atom is 0.232 e. The van der Waals surface area contributed by atoms with Gasteiger partial charge in [0.05, 0.1) is 17.7 Å². The van der Waals surface area contributed by atoms with Crippen LogP contribution in [0, 0.1) is 0 Å². The number of anilines is 2. The van der Waals surface area contributed by atoms with Gasteiger partial charge in [-0.05, 0) is 25.1 Å². The Labute approximate surface area is 137 Å². The minimum absolute atomic E-state index is 0.0480. The molecule has 0 atom stereocenters. The number of benzene rings is 1. The zero-order chi connectivity index (χ0) is 17.7. The SMILES string of the molecule is CCS(=O)(=O)NCCN(c1cccc(NC(C)=O)c1)S(C)(=O)=O. The monoisotopic (exact) mass is 363 g/mol. The molecular formula is C13H21N3O5S2. The topological polar surface area (TPSA) is 113 Å². The van der Waals surface area contributed by atoms with Gasteiger partial charge in [0.1, 0.15) is 0 Å². The number of nitrogens with zero attached hydrogens (tertiary/aromatic N) is 1. The molecule has 8 nitrogen and oxygen atoms in total. The number of carbonyl (C=O) groups excluding carboxylic acids is 1. The van der Waals surface area contributed by atoms with E-state index < -0.39 is 20.0 Å². The molecule has 1 aromatic rings. The van der Waals surface area contributed by atoms with Gasteiger partial charge >= 0.3 is 0 Å². The summed E-state index contributed by atoms with van der Waals surface area (Å²) in [7, 11) is -7.00. The predicted molar refractivity (Wildman–Crippen MR) is 90.4 cm³/mol. The lowest BCUT2D eigenvalue weighted by Gasteiger charge is -2.23. The molecular weight excluding hydrogens is 342 g/mol. The summed E-state index contributed by atoms with van der Waals surface area (Å²) in [6, 6.07) is 6.32.